The monoisotopic (exact) mass is 316 g/mol. The van der Waals surface area contributed by atoms with Gasteiger partial charge in [0.25, 0.3) is 0 Å². The minimum Gasteiger partial charge on any atom is -0.368 e. The molecule has 0 bridgehead atoms. The van der Waals surface area contributed by atoms with Gasteiger partial charge in [0.1, 0.15) is 5.82 Å². The predicted molar refractivity (Wildman–Crippen MR) is 80.2 cm³/mol. The van der Waals surface area contributed by atoms with E-state index in [9.17, 15) is 0 Å². The van der Waals surface area contributed by atoms with E-state index >= 15 is 0 Å². The Labute approximate surface area is 119 Å². The van der Waals surface area contributed by atoms with Crippen molar-refractivity contribution in [2.45, 2.75) is 6.54 Å². The maximum atomic E-state index is 4.41. The molecule has 0 radical (unpaired) electrons. The highest BCUT2D eigenvalue weighted by Gasteiger charge is 2.03. The number of hydrogen-bond acceptors (Lipinski definition) is 3. The normalized spacial score (nSPS) is 10.8. The fraction of sp³-hybridized carbons (Fsp3) is 0.143. The summed E-state index contributed by atoms with van der Waals surface area (Å²) in [6.45, 7) is 1.68. The third kappa shape index (κ3) is 2.61. The van der Waals surface area contributed by atoms with Crippen LogP contribution < -0.4 is 5.32 Å². The van der Waals surface area contributed by atoms with E-state index in [-0.39, 0.29) is 0 Å². The lowest BCUT2D eigenvalue weighted by Crippen LogP contribution is -2.10. The van der Waals surface area contributed by atoms with Crippen molar-refractivity contribution in [2.24, 2.45) is 0 Å². The van der Waals surface area contributed by atoms with E-state index in [0.29, 0.717) is 0 Å². The lowest BCUT2D eigenvalue weighted by atomic mass is 10.1. The number of nitrogens with one attached hydrogen (secondary N) is 1. The highest BCUT2D eigenvalue weighted by atomic mass is 79.9. The van der Waals surface area contributed by atoms with Crippen LogP contribution in [0.1, 0.15) is 0 Å². The van der Waals surface area contributed by atoms with Crippen molar-refractivity contribution in [3.8, 4) is 0 Å². The minimum atomic E-state index is 0.814. The van der Waals surface area contributed by atoms with Gasteiger partial charge in [0, 0.05) is 46.9 Å². The standard InChI is InChI=1S/C14H13BrN4/c15-13-3-1-2-12-11(13)4-5-17-14(12)18-7-9-19-8-6-16-10-19/h1-6,8,10H,7,9H2,(H,17,18). The van der Waals surface area contributed by atoms with Gasteiger partial charge in [0.15, 0.2) is 0 Å². The summed E-state index contributed by atoms with van der Waals surface area (Å²) >= 11 is 3.56. The maximum Gasteiger partial charge on any atom is 0.133 e. The molecule has 2 aromatic heterocycles. The van der Waals surface area contributed by atoms with Gasteiger partial charge < -0.3 is 9.88 Å². The van der Waals surface area contributed by atoms with Crippen molar-refractivity contribution < 1.29 is 0 Å². The smallest absolute Gasteiger partial charge is 0.133 e. The first-order valence-corrected chi connectivity index (χ1v) is 6.87. The quantitative estimate of drug-likeness (QED) is 0.803. The lowest BCUT2D eigenvalue weighted by molar-refractivity contribution is 0.726. The summed E-state index contributed by atoms with van der Waals surface area (Å²) in [5.41, 5.74) is 0. The largest absolute Gasteiger partial charge is 0.368 e. The van der Waals surface area contributed by atoms with E-state index in [4.69, 9.17) is 0 Å². The maximum absolute atomic E-state index is 4.41. The van der Waals surface area contributed by atoms with Crippen molar-refractivity contribution in [3.63, 3.8) is 0 Å². The van der Waals surface area contributed by atoms with Gasteiger partial charge in [-0.2, -0.15) is 0 Å². The Morgan fingerprint density at radius 1 is 1.16 bits per heavy atom. The summed E-state index contributed by atoms with van der Waals surface area (Å²) in [6.07, 6.45) is 7.38. The van der Waals surface area contributed by atoms with Gasteiger partial charge in [-0.3, -0.25) is 0 Å². The summed E-state index contributed by atoms with van der Waals surface area (Å²) in [5, 5.41) is 5.67. The van der Waals surface area contributed by atoms with Gasteiger partial charge in [0.05, 0.1) is 6.33 Å². The van der Waals surface area contributed by atoms with E-state index < -0.39 is 0 Å². The van der Waals surface area contributed by atoms with Crippen molar-refractivity contribution in [1.82, 2.24) is 14.5 Å². The molecule has 3 rings (SSSR count). The molecule has 0 atom stereocenters. The molecule has 4 nitrogen and oxygen atoms in total. The molecule has 19 heavy (non-hydrogen) atoms. The average Bonchev–Trinajstić information content (AvgIpc) is 2.93. The number of benzene rings is 1. The Balaban J connectivity index is 1.79. The molecule has 0 amide bonds. The highest BCUT2D eigenvalue weighted by Crippen LogP contribution is 2.27. The van der Waals surface area contributed by atoms with Crippen LogP contribution in [-0.2, 0) is 6.54 Å². The molecule has 0 aliphatic heterocycles. The van der Waals surface area contributed by atoms with Gasteiger partial charge in [-0.05, 0) is 12.1 Å². The summed E-state index contributed by atoms with van der Waals surface area (Å²) in [4.78, 5) is 8.43. The molecule has 1 N–H and O–H groups in total. The molecule has 3 aromatic rings. The fourth-order valence-electron chi connectivity index (χ4n) is 2.03. The van der Waals surface area contributed by atoms with Crippen LogP contribution in [0.15, 0.2) is 53.7 Å². The third-order valence-corrected chi connectivity index (χ3v) is 3.67. The molecule has 0 unspecified atom stereocenters. The first-order chi connectivity index (χ1) is 9.34. The zero-order chi connectivity index (χ0) is 13.1. The summed E-state index contributed by atoms with van der Waals surface area (Å²) in [6, 6.07) is 8.15. The molecule has 1 aromatic carbocycles. The first-order valence-electron chi connectivity index (χ1n) is 6.07. The molecule has 0 aliphatic rings. The molecule has 5 heteroatoms. The van der Waals surface area contributed by atoms with Gasteiger partial charge in [0.2, 0.25) is 0 Å². The van der Waals surface area contributed by atoms with E-state index in [0.717, 1.165) is 28.8 Å². The SMILES string of the molecule is Brc1cccc2c(NCCn3ccnc3)nccc12. The van der Waals surface area contributed by atoms with Crippen LogP contribution in [0.3, 0.4) is 0 Å². The average molecular weight is 317 g/mol. The number of nitrogens with zero attached hydrogens (tertiary/aromatic N) is 3. The van der Waals surface area contributed by atoms with Gasteiger partial charge in [-0.25, -0.2) is 9.97 Å². The molecular formula is C14H13BrN4. The predicted octanol–water partition coefficient (Wildman–Crippen LogP) is 3.31. The summed E-state index contributed by atoms with van der Waals surface area (Å²) < 4.78 is 3.12. The Bertz CT molecular complexity index is 679. The third-order valence-electron chi connectivity index (χ3n) is 2.97. The Morgan fingerprint density at radius 3 is 2.95 bits per heavy atom. The van der Waals surface area contributed by atoms with Crippen LogP contribution in [0.5, 0.6) is 0 Å². The Morgan fingerprint density at radius 2 is 2.11 bits per heavy atom. The van der Waals surface area contributed by atoms with Crippen LogP contribution in [-0.4, -0.2) is 21.1 Å². The number of halogens is 1. The molecule has 0 saturated carbocycles. The zero-order valence-corrected chi connectivity index (χ0v) is 11.8. The Hall–Kier alpha value is -1.88. The van der Waals surface area contributed by atoms with Gasteiger partial charge in [-0.1, -0.05) is 28.1 Å². The van der Waals surface area contributed by atoms with E-state index in [1.807, 2.05) is 41.5 Å². The fourth-order valence-corrected chi connectivity index (χ4v) is 2.53. The van der Waals surface area contributed by atoms with Crippen molar-refractivity contribution in [1.29, 1.82) is 0 Å². The molecule has 2 heterocycles. The van der Waals surface area contributed by atoms with Crippen molar-refractivity contribution in [2.75, 3.05) is 11.9 Å². The molecule has 0 fully saturated rings. The van der Waals surface area contributed by atoms with E-state index in [1.54, 1.807) is 6.20 Å². The molecular weight excluding hydrogens is 304 g/mol. The van der Waals surface area contributed by atoms with E-state index in [2.05, 4.69) is 37.3 Å². The first kappa shape index (κ1) is 12.2. The second-order valence-electron chi connectivity index (χ2n) is 4.22. The van der Waals surface area contributed by atoms with Gasteiger partial charge >= 0.3 is 0 Å². The molecule has 96 valence electrons. The van der Waals surface area contributed by atoms with Crippen LogP contribution in [0.2, 0.25) is 0 Å². The number of fused-ring (bicyclic) bond motifs is 1. The van der Waals surface area contributed by atoms with E-state index in [1.165, 1.54) is 5.39 Å². The second-order valence-corrected chi connectivity index (χ2v) is 5.08. The summed E-state index contributed by atoms with van der Waals surface area (Å²) in [7, 11) is 0. The summed E-state index contributed by atoms with van der Waals surface area (Å²) in [5.74, 6) is 0.916. The molecule has 0 saturated heterocycles. The van der Waals surface area contributed by atoms with Crippen LogP contribution in [0.25, 0.3) is 10.8 Å². The van der Waals surface area contributed by atoms with Crippen LogP contribution in [0.4, 0.5) is 5.82 Å². The zero-order valence-electron chi connectivity index (χ0n) is 10.3. The minimum absolute atomic E-state index is 0.814. The highest BCUT2D eigenvalue weighted by molar-refractivity contribution is 9.10. The van der Waals surface area contributed by atoms with Crippen LogP contribution >= 0.6 is 15.9 Å². The number of aromatic nitrogens is 3. The Kier molecular flexibility index (Phi) is 3.46. The van der Waals surface area contributed by atoms with Gasteiger partial charge in [-0.15, -0.1) is 0 Å². The second kappa shape index (κ2) is 5.40. The van der Waals surface area contributed by atoms with Crippen molar-refractivity contribution in [3.05, 3.63) is 53.7 Å². The van der Waals surface area contributed by atoms with Crippen LogP contribution in [0, 0.1) is 0 Å². The molecule has 0 aliphatic carbocycles. The lowest BCUT2D eigenvalue weighted by Gasteiger charge is -2.09. The topological polar surface area (TPSA) is 42.7 Å². The molecule has 0 spiro atoms. The number of imidazole rings is 1. The van der Waals surface area contributed by atoms with Crippen molar-refractivity contribution >= 4 is 32.5 Å². The number of pyridine rings is 1. The number of hydrogen-bond donors (Lipinski definition) is 1. The number of rotatable bonds is 4. The number of anilines is 1.